The van der Waals surface area contributed by atoms with E-state index >= 15 is 0 Å². The van der Waals surface area contributed by atoms with Gasteiger partial charge in [-0.2, -0.15) is 0 Å². The van der Waals surface area contributed by atoms with E-state index < -0.39 is 28.5 Å². The highest BCUT2D eigenvalue weighted by Crippen LogP contribution is 2.28. The highest BCUT2D eigenvalue weighted by atomic mass is 16.6. The molecule has 0 bridgehead atoms. The molecule has 0 saturated carbocycles. The molecular formula is C13H16N2O6. The van der Waals surface area contributed by atoms with Gasteiger partial charge in [-0.15, -0.1) is 0 Å². The Hall–Kier alpha value is -2.64. The third-order valence-electron chi connectivity index (χ3n) is 2.87. The van der Waals surface area contributed by atoms with Gasteiger partial charge in [0, 0.05) is 6.07 Å². The van der Waals surface area contributed by atoms with E-state index in [9.17, 15) is 19.7 Å². The van der Waals surface area contributed by atoms with E-state index in [1.165, 1.54) is 19.2 Å². The summed E-state index contributed by atoms with van der Waals surface area (Å²) in [4.78, 5) is 33.6. The molecular weight excluding hydrogens is 280 g/mol. The molecule has 21 heavy (non-hydrogen) atoms. The van der Waals surface area contributed by atoms with Crippen LogP contribution in [0.4, 0.5) is 5.69 Å². The minimum atomic E-state index is -1.21. The number of carboxylic acids is 1. The van der Waals surface area contributed by atoms with Crippen LogP contribution in [0, 0.1) is 16.0 Å². The van der Waals surface area contributed by atoms with Crippen LogP contribution in [0.3, 0.4) is 0 Å². The van der Waals surface area contributed by atoms with Crippen molar-refractivity contribution in [3.63, 3.8) is 0 Å². The summed E-state index contributed by atoms with van der Waals surface area (Å²) in [5, 5.41) is 22.3. The molecule has 8 nitrogen and oxygen atoms in total. The molecule has 0 heterocycles. The summed E-state index contributed by atoms with van der Waals surface area (Å²) in [6.45, 7) is 3.24. The minimum Gasteiger partial charge on any atom is -0.496 e. The number of methoxy groups -OCH3 is 1. The number of nitro groups is 1. The Morgan fingerprint density at radius 2 is 2.00 bits per heavy atom. The van der Waals surface area contributed by atoms with Crippen molar-refractivity contribution in [1.29, 1.82) is 0 Å². The number of ether oxygens (including phenoxy) is 1. The predicted molar refractivity (Wildman–Crippen MR) is 73.4 cm³/mol. The van der Waals surface area contributed by atoms with E-state index in [1.807, 2.05) is 0 Å². The van der Waals surface area contributed by atoms with Gasteiger partial charge in [0.2, 0.25) is 0 Å². The summed E-state index contributed by atoms with van der Waals surface area (Å²) in [6.07, 6.45) is 0. The molecule has 8 heteroatoms. The van der Waals surface area contributed by atoms with E-state index in [0.717, 1.165) is 6.07 Å². The van der Waals surface area contributed by atoms with Gasteiger partial charge < -0.3 is 15.2 Å². The number of nitrogens with one attached hydrogen (secondary N) is 1. The fraction of sp³-hybridized carbons (Fsp3) is 0.385. The van der Waals surface area contributed by atoms with Crippen molar-refractivity contribution in [3.05, 3.63) is 33.9 Å². The van der Waals surface area contributed by atoms with Crippen LogP contribution in [0.5, 0.6) is 5.75 Å². The molecule has 0 aliphatic carbocycles. The topological polar surface area (TPSA) is 119 Å². The lowest BCUT2D eigenvalue weighted by atomic mass is 10.0. The summed E-state index contributed by atoms with van der Waals surface area (Å²) in [5.74, 6) is -2.44. The maximum atomic E-state index is 12.2. The van der Waals surface area contributed by atoms with Gasteiger partial charge in [0.05, 0.1) is 12.0 Å². The Labute approximate surface area is 120 Å². The summed E-state index contributed by atoms with van der Waals surface area (Å²) >= 11 is 0. The molecule has 1 aromatic carbocycles. The zero-order valence-electron chi connectivity index (χ0n) is 11.8. The number of rotatable bonds is 6. The second-order valence-electron chi connectivity index (χ2n) is 4.64. The average Bonchev–Trinajstić information content (AvgIpc) is 2.42. The number of benzene rings is 1. The first-order chi connectivity index (χ1) is 9.79. The standard InChI is InChI=1S/C13H16N2O6/c1-7(2)11(13(17)18)14-12(16)10-8(15(19)20)5-4-6-9(10)21-3/h4-7,11H,1-3H3,(H,14,16)(H,17,18)/t11-/m0/s1. The summed E-state index contributed by atoms with van der Waals surface area (Å²) in [5.41, 5.74) is -0.739. The number of aliphatic carboxylic acids is 1. The highest BCUT2D eigenvalue weighted by Gasteiger charge is 2.30. The molecule has 1 rings (SSSR count). The van der Waals surface area contributed by atoms with Crippen molar-refractivity contribution >= 4 is 17.6 Å². The van der Waals surface area contributed by atoms with Crippen molar-refractivity contribution < 1.29 is 24.4 Å². The Morgan fingerprint density at radius 3 is 2.43 bits per heavy atom. The Bertz CT molecular complexity index is 570. The number of hydrogen-bond donors (Lipinski definition) is 2. The molecule has 0 radical (unpaired) electrons. The first-order valence-corrected chi connectivity index (χ1v) is 6.14. The average molecular weight is 296 g/mol. The Balaban J connectivity index is 3.23. The fourth-order valence-electron chi connectivity index (χ4n) is 1.80. The molecule has 114 valence electrons. The monoisotopic (exact) mass is 296 g/mol. The van der Waals surface area contributed by atoms with E-state index in [0.29, 0.717) is 0 Å². The lowest BCUT2D eigenvalue weighted by Gasteiger charge is -2.18. The number of nitro benzene ring substituents is 1. The van der Waals surface area contributed by atoms with E-state index in [-0.39, 0.29) is 17.2 Å². The van der Waals surface area contributed by atoms with E-state index in [4.69, 9.17) is 9.84 Å². The van der Waals surface area contributed by atoms with Crippen molar-refractivity contribution in [2.45, 2.75) is 19.9 Å². The van der Waals surface area contributed by atoms with Crippen molar-refractivity contribution in [2.24, 2.45) is 5.92 Å². The quantitative estimate of drug-likeness (QED) is 0.605. The SMILES string of the molecule is COc1cccc([N+](=O)[O-])c1C(=O)N[C@H](C(=O)O)C(C)C. The molecule has 0 aromatic heterocycles. The second kappa shape index (κ2) is 6.69. The first kappa shape index (κ1) is 16.4. The van der Waals surface area contributed by atoms with Crippen LogP contribution >= 0.6 is 0 Å². The molecule has 2 N–H and O–H groups in total. The van der Waals surface area contributed by atoms with E-state index in [1.54, 1.807) is 13.8 Å². The lowest BCUT2D eigenvalue weighted by Crippen LogP contribution is -2.44. The number of carbonyl (C=O) groups excluding carboxylic acids is 1. The fourth-order valence-corrected chi connectivity index (χ4v) is 1.80. The van der Waals surface area contributed by atoms with Gasteiger partial charge in [-0.1, -0.05) is 19.9 Å². The van der Waals surface area contributed by atoms with Crippen molar-refractivity contribution in [2.75, 3.05) is 7.11 Å². The summed E-state index contributed by atoms with van der Waals surface area (Å²) in [6, 6.07) is 2.78. The summed E-state index contributed by atoms with van der Waals surface area (Å²) < 4.78 is 4.95. The molecule has 0 aliphatic rings. The van der Waals surface area contributed by atoms with E-state index in [2.05, 4.69) is 5.32 Å². The third kappa shape index (κ3) is 3.68. The number of amides is 1. The van der Waals surface area contributed by atoms with Crippen LogP contribution in [0.15, 0.2) is 18.2 Å². The minimum absolute atomic E-state index is 0.00888. The number of carbonyl (C=O) groups is 2. The second-order valence-corrected chi connectivity index (χ2v) is 4.64. The maximum absolute atomic E-state index is 12.2. The van der Waals surface area contributed by atoms with Crippen molar-refractivity contribution in [3.8, 4) is 5.75 Å². The maximum Gasteiger partial charge on any atom is 0.326 e. The van der Waals surface area contributed by atoms with Crippen LogP contribution < -0.4 is 10.1 Å². The van der Waals surface area contributed by atoms with Crippen LogP contribution in [0.25, 0.3) is 0 Å². The number of hydrogen-bond acceptors (Lipinski definition) is 5. The normalized spacial score (nSPS) is 11.8. The largest absolute Gasteiger partial charge is 0.496 e. The third-order valence-corrected chi connectivity index (χ3v) is 2.87. The van der Waals surface area contributed by atoms with Crippen LogP contribution in [0.2, 0.25) is 0 Å². The van der Waals surface area contributed by atoms with Crippen molar-refractivity contribution in [1.82, 2.24) is 5.32 Å². The van der Waals surface area contributed by atoms with Gasteiger partial charge in [-0.05, 0) is 12.0 Å². The van der Waals surface area contributed by atoms with Gasteiger partial charge in [0.1, 0.15) is 11.8 Å². The Morgan fingerprint density at radius 1 is 1.38 bits per heavy atom. The van der Waals surface area contributed by atoms with Gasteiger partial charge in [-0.25, -0.2) is 4.79 Å². The van der Waals surface area contributed by atoms with Gasteiger partial charge in [-0.3, -0.25) is 14.9 Å². The lowest BCUT2D eigenvalue weighted by molar-refractivity contribution is -0.385. The molecule has 0 fully saturated rings. The van der Waals surface area contributed by atoms with Gasteiger partial charge in [0.25, 0.3) is 11.6 Å². The molecule has 0 aliphatic heterocycles. The van der Waals surface area contributed by atoms with Gasteiger partial charge in [0.15, 0.2) is 5.56 Å². The number of carboxylic acid groups (broad SMARTS) is 1. The Kier molecular flexibility index (Phi) is 5.23. The van der Waals surface area contributed by atoms with Crippen LogP contribution in [-0.2, 0) is 4.79 Å². The molecule has 1 aromatic rings. The molecule has 0 unspecified atom stereocenters. The first-order valence-electron chi connectivity index (χ1n) is 6.14. The predicted octanol–water partition coefficient (Wildman–Crippen LogP) is 1.44. The molecule has 0 saturated heterocycles. The smallest absolute Gasteiger partial charge is 0.326 e. The molecule has 1 atom stereocenters. The van der Waals surface area contributed by atoms with Gasteiger partial charge >= 0.3 is 5.97 Å². The zero-order valence-corrected chi connectivity index (χ0v) is 11.8. The zero-order chi connectivity index (χ0) is 16.2. The highest BCUT2D eigenvalue weighted by molar-refractivity contribution is 6.02. The molecule has 0 spiro atoms. The number of nitrogens with zero attached hydrogens (tertiary/aromatic N) is 1. The molecule has 1 amide bonds. The van der Waals surface area contributed by atoms with Crippen LogP contribution in [-0.4, -0.2) is 35.1 Å². The van der Waals surface area contributed by atoms with Crippen LogP contribution in [0.1, 0.15) is 24.2 Å². The summed E-state index contributed by atoms with van der Waals surface area (Å²) in [7, 11) is 1.27.